The maximum Gasteiger partial charge on any atom is 0.206 e. The van der Waals surface area contributed by atoms with Gasteiger partial charge in [0.05, 0.1) is 9.79 Å². The van der Waals surface area contributed by atoms with Crippen molar-refractivity contribution in [2.45, 2.75) is 9.79 Å². The minimum atomic E-state index is -3.52. The fourth-order valence-electron chi connectivity index (χ4n) is 1.39. The highest BCUT2D eigenvalue weighted by atomic mass is 32.2. The Morgan fingerprint density at radius 2 is 1.44 bits per heavy atom. The molecule has 2 aromatic carbocycles. The molecule has 0 saturated carbocycles. The second kappa shape index (κ2) is 3.98. The van der Waals surface area contributed by atoms with Gasteiger partial charge in [-0.3, -0.25) is 0 Å². The minimum absolute atomic E-state index is 0.0583. The Hall–Kier alpha value is -1.81. The summed E-state index contributed by atoms with van der Waals surface area (Å²) in [6.45, 7) is 0. The highest BCUT2D eigenvalue weighted by Gasteiger charge is 2.16. The molecule has 0 fully saturated rings. The standard InChI is InChI=1S/C12H10O3S/c13-10-5-4-8-12(9-10)16(14,15)11-6-2-1-3-7-11/h1-9,13H. The molecule has 0 aliphatic heterocycles. The van der Waals surface area contributed by atoms with Gasteiger partial charge in [0, 0.05) is 0 Å². The lowest BCUT2D eigenvalue weighted by Gasteiger charge is -2.04. The van der Waals surface area contributed by atoms with Gasteiger partial charge in [0.25, 0.3) is 0 Å². The van der Waals surface area contributed by atoms with Crippen molar-refractivity contribution in [3.8, 4) is 5.75 Å². The topological polar surface area (TPSA) is 54.4 Å². The first-order valence-corrected chi connectivity index (χ1v) is 6.18. The molecule has 0 heterocycles. The smallest absolute Gasteiger partial charge is 0.206 e. The van der Waals surface area contributed by atoms with Gasteiger partial charge >= 0.3 is 0 Å². The van der Waals surface area contributed by atoms with E-state index in [0.29, 0.717) is 0 Å². The first-order valence-electron chi connectivity index (χ1n) is 4.70. The molecule has 0 radical (unpaired) electrons. The number of sulfone groups is 1. The van der Waals surface area contributed by atoms with Gasteiger partial charge in [0.15, 0.2) is 0 Å². The van der Waals surface area contributed by atoms with Crippen LogP contribution in [0.3, 0.4) is 0 Å². The molecular weight excluding hydrogens is 224 g/mol. The number of phenolic OH excluding ortho intramolecular Hbond substituents is 1. The zero-order valence-electron chi connectivity index (χ0n) is 8.37. The van der Waals surface area contributed by atoms with Crippen LogP contribution in [0, 0.1) is 0 Å². The lowest BCUT2D eigenvalue weighted by atomic mass is 10.3. The van der Waals surface area contributed by atoms with Crippen molar-refractivity contribution in [3.05, 3.63) is 54.6 Å². The van der Waals surface area contributed by atoms with E-state index >= 15 is 0 Å². The Kier molecular flexibility index (Phi) is 2.66. The van der Waals surface area contributed by atoms with E-state index in [2.05, 4.69) is 0 Å². The summed E-state index contributed by atoms with van der Waals surface area (Å²) in [4.78, 5) is 0.319. The maximum atomic E-state index is 12.1. The molecule has 4 heteroatoms. The number of benzene rings is 2. The van der Waals surface area contributed by atoms with Crippen LogP contribution in [0.15, 0.2) is 64.4 Å². The summed E-state index contributed by atoms with van der Waals surface area (Å²) in [5.41, 5.74) is 0. The molecule has 0 atom stereocenters. The number of aromatic hydroxyl groups is 1. The van der Waals surface area contributed by atoms with Gasteiger partial charge in [0.1, 0.15) is 5.75 Å². The Balaban J connectivity index is 2.56. The van der Waals surface area contributed by atoms with Crippen molar-refractivity contribution in [2.75, 3.05) is 0 Å². The molecule has 0 bridgehead atoms. The Bertz CT molecular complexity index is 589. The normalized spacial score (nSPS) is 11.2. The van der Waals surface area contributed by atoms with Crippen molar-refractivity contribution in [1.29, 1.82) is 0 Å². The van der Waals surface area contributed by atoms with Crippen LogP contribution in [-0.4, -0.2) is 13.5 Å². The second-order valence-electron chi connectivity index (χ2n) is 3.31. The van der Waals surface area contributed by atoms with E-state index in [0.717, 1.165) is 0 Å². The SMILES string of the molecule is O=S(=O)(c1ccccc1)c1cccc(O)c1. The zero-order chi connectivity index (χ0) is 11.6. The minimum Gasteiger partial charge on any atom is -0.508 e. The molecule has 0 aliphatic rings. The van der Waals surface area contributed by atoms with Gasteiger partial charge in [-0.1, -0.05) is 24.3 Å². The van der Waals surface area contributed by atoms with Gasteiger partial charge in [-0.2, -0.15) is 0 Å². The van der Waals surface area contributed by atoms with Crippen molar-refractivity contribution in [2.24, 2.45) is 0 Å². The monoisotopic (exact) mass is 234 g/mol. The van der Waals surface area contributed by atoms with E-state index in [1.54, 1.807) is 18.2 Å². The summed E-state index contributed by atoms with van der Waals surface area (Å²) in [6, 6.07) is 13.8. The highest BCUT2D eigenvalue weighted by molar-refractivity contribution is 7.91. The van der Waals surface area contributed by atoms with Crippen LogP contribution in [-0.2, 0) is 9.84 Å². The third kappa shape index (κ3) is 1.92. The summed E-state index contributed by atoms with van der Waals surface area (Å²) < 4.78 is 24.1. The van der Waals surface area contributed by atoms with Crippen molar-refractivity contribution < 1.29 is 13.5 Å². The lowest BCUT2D eigenvalue weighted by Crippen LogP contribution is -2.01. The Morgan fingerprint density at radius 1 is 0.812 bits per heavy atom. The Morgan fingerprint density at radius 3 is 2.06 bits per heavy atom. The van der Waals surface area contributed by atoms with E-state index in [9.17, 15) is 13.5 Å². The Labute approximate surface area is 93.9 Å². The van der Waals surface area contributed by atoms with Crippen molar-refractivity contribution in [1.82, 2.24) is 0 Å². The van der Waals surface area contributed by atoms with Gasteiger partial charge < -0.3 is 5.11 Å². The first-order chi connectivity index (χ1) is 7.60. The lowest BCUT2D eigenvalue weighted by molar-refractivity contribution is 0.473. The van der Waals surface area contributed by atoms with Gasteiger partial charge in [0.2, 0.25) is 9.84 Å². The number of rotatable bonds is 2. The van der Waals surface area contributed by atoms with Crippen LogP contribution >= 0.6 is 0 Å². The zero-order valence-corrected chi connectivity index (χ0v) is 9.18. The fourth-order valence-corrected chi connectivity index (χ4v) is 2.71. The summed E-state index contributed by atoms with van der Waals surface area (Å²) in [5.74, 6) is -0.0583. The molecule has 0 aromatic heterocycles. The summed E-state index contributed by atoms with van der Waals surface area (Å²) in [6.07, 6.45) is 0. The van der Waals surface area contributed by atoms with Crippen molar-refractivity contribution in [3.63, 3.8) is 0 Å². The van der Waals surface area contributed by atoms with Gasteiger partial charge in [-0.15, -0.1) is 0 Å². The molecule has 16 heavy (non-hydrogen) atoms. The van der Waals surface area contributed by atoms with Gasteiger partial charge in [-0.25, -0.2) is 8.42 Å². The third-order valence-electron chi connectivity index (χ3n) is 2.18. The fraction of sp³-hybridized carbons (Fsp3) is 0. The molecule has 82 valence electrons. The van der Waals surface area contributed by atoms with Crippen LogP contribution in [0.2, 0.25) is 0 Å². The summed E-state index contributed by atoms with van der Waals surface area (Å²) in [5, 5.41) is 9.26. The maximum absolute atomic E-state index is 12.1. The van der Waals surface area contributed by atoms with Crippen LogP contribution in [0.25, 0.3) is 0 Å². The van der Waals surface area contributed by atoms with Crippen LogP contribution in [0.1, 0.15) is 0 Å². The molecule has 0 amide bonds. The van der Waals surface area contributed by atoms with E-state index in [-0.39, 0.29) is 15.5 Å². The van der Waals surface area contributed by atoms with Crippen LogP contribution < -0.4 is 0 Å². The average Bonchev–Trinajstić information content (AvgIpc) is 2.30. The highest BCUT2D eigenvalue weighted by Crippen LogP contribution is 2.23. The van der Waals surface area contributed by atoms with E-state index in [1.165, 1.54) is 36.4 Å². The third-order valence-corrected chi connectivity index (χ3v) is 3.95. The largest absolute Gasteiger partial charge is 0.508 e. The quantitative estimate of drug-likeness (QED) is 0.866. The van der Waals surface area contributed by atoms with Crippen molar-refractivity contribution >= 4 is 9.84 Å². The molecule has 2 rings (SSSR count). The molecule has 0 aliphatic carbocycles. The molecular formula is C12H10O3S. The molecule has 0 spiro atoms. The predicted molar refractivity (Wildman–Crippen MR) is 60.0 cm³/mol. The average molecular weight is 234 g/mol. The van der Waals surface area contributed by atoms with Crippen LogP contribution in [0.4, 0.5) is 0 Å². The van der Waals surface area contributed by atoms with E-state index in [1.807, 2.05) is 0 Å². The first kappa shape index (κ1) is 10.7. The van der Waals surface area contributed by atoms with E-state index in [4.69, 9.17) is 0 Å². The van der Waals surface area contributed by atoms with Crippen LogP contribution in [0.5, 0.6) is 5.75 Å². The molecule has 0 unspecified atom stereocenters. The second-order valence-corrected chi connectivity index (χ2v) is 5.26. The molecule has 2 aromatic rings. The predicted octanol–water partition coefficient (Wildman–Crippen LogP) is 2.23. The van der Waals surface area contributed by atoms with Gasteiger partial charge in [-0.05, 0) is 30.3 Å². The number of hydrogen-bond acceptors (Lipinski definition) is 3. The molecule has 1 N–H and O–H groups in total. The molecule has 3 nitrogen and oxygen atoms in total. The molecule has 0 saturated heterocycles. The summed E-state index contributed by atoms with van der Waals surface area (Å²) in [7, 11) is -3.52. The number of phenols is 1. The summed E-state index contributed by atoms with van der Waals surface area (Å²) >= 11 is 0. The van der Waals surface area contributed by atoms with E-state index < -0.39 is 9.84 Å². The number of hydrogen-bond donors (Lipinski definition) is 1.